The van der Waals surface area contributed by atoms with Crippen molar-refractivity contribution in [1.29, 1.82) is 0 Å². The van der Waals surface area contributed by atoms with Gasteiger partial charge in [-0.05, 0) is 61.9 Å². The predicted octanol–water partition coefficient (Wildman–Crippen LogP) is 6.69. The molecule has 2 fully saturated rings. The van der Waals surface area contributed by atoms with Crippen molar-refractivity contribution in [3.05, 3.63) is 71.6 Å². The number of ether oxygens (including phenoxy) is 1. The zero-order valence-corrected chi connectivity index (χ0v) is 21.3. The SMILES string of the molecule is O=C(O)c1cc2ccc(N3CCC(C=Cc4c(-c5ccccc5OC(F)(F)F)noc4C4CC4)CC3)cc2nn1. The Morgan fingerprint density at radius 3 is 2.55 bits per heavy atom. The number of benzene rings is 2. The lowest BCUT2D eigenvalue weighted by atomic mass is 9.94. The fourth-order valence-electron chi connectivity index (χ4n) is 5.09. The van der Waals surface area contributed by atoms with Crippen LogP contribution in [0.4, 0.5) is 18.9 Å². The first kappa shape index (κ1) is 25.8. The monoisotopic (exact) mass is 550 g/mol. The maximum Gasteiger partial charge on any atom is 0.573 e. The van der Waals surface area contributed by atoms with Crippen molar-refractivity contribution in [1.82, 2.24) is 15.4 Å². The Hall–Kier alpha value is -4.41. The second-order valence-electron chi connectivity index (χ2n) is 10.1. The molecule has 0 atom stereocenters. The number of aromatic nitrogens is 3. The van der Waals surface area contributed by atoms with Crippen LogP contribution in [0.1, 0.15) is 53.4 Å². The van der Waals surface area contributed by atoms with E-state index < -0.39 is 12.3 Å². The smallest absolute Gasteiger partial charge is 0.476 e. The van der Waals surface area contributed by atoms with E-state index in [2.05, 4.69) is 31.1 Å². The van der Waals surface area contributed by atoms with Gasteiger partial charge in [0.2, 0.25) is 0 Å². The topological polar surface area (TPSA) is 102 Å². The van der Waals surface area contributed by atoms with E-state index in [4.69, 9.17) is 9.63 Å². The largest absolute Gasteiger partial charge is 0.573 e. The van der Waals surface area contributed by atoms with Crippen LogP contribution in [0, 0.1) is 5.92 Å². The molecule has 0 spiro atoms. The van der Waals surface area contributed by atoms with Gasteiger partial charge in [0.05, 0.1) is 5.52 Å². The molecule has 206 valence electrons. The van der Waals surface area contributed by atoms with Gasteiger partial charge in [0.25, 0.3) is 0 Å². The normalized spacial score (nSPS) is 16.6. The van der Waals surface area contributed by atoms with E-state index in [1.807, 2.05) is 24.3 Å². The van der Waals surface area contributed by atoms with Crippen molar-refractivity contribution < 1.29 is 32.3 Å². The molecule has 8 nitrogen and oxygen atoms in total. The Morgan fingerprint density at radius 1 is 1.05 bits per heavy atom. The van der Waals surface area contributed by atoms with Crippen LogP contribution in [0.15, 0.2) is 59.1 Å². The van der Waals surface area contributed by atoms with E-state index >= 15 is 0 Å². The summed E-state index contributed by atoms with van der Waals surface area (Å²) in [5.41, 5.74) is 2.82. The standard InChI is InChI=1S/C29H25F3N4O4/c30-29(31,32)39-25-4-2-1-3-21(25)26-22(27(40-35-26)18-6-7-18)10-5-17-11-13-36(14-12-17)20-9-8-19-15-24(28(37)38)34-33-23(19)16-20/h1-5,8-10,15-18H,6-7,11-14H2,(H,37,38). The van der Waals surface area contributed by atoms with Gasteiger partial charge in [-0.2, -0.15) is 0 Å². The van der Waals surface area contributed by atoms with E-state index in [1.54, 1.807) is 12.1 Å². The first-order valence-electron chi connectivity index (χ1n) is 13.0. The number of piperidine rings is 1. The molecule has 0 unspecified atom stereocenters. The van der Waals surface area contributed by atoms with E-state index in [0.29, 0.717) is 27.9 Å². The maximum atomic E-state index is 13.0. The molecule has 11 heteroatoms. The summed E-state index contributed by atoms with van der Waals surface area (Å²) in [6.45, 7) is 1.60. The molecule has 0 amide bonds. The van der Waals surface area contributed by atoms with E-state index in [1.165, 1.54) is 18.2 Å². The van der Waals surface area contributed by atoms with Crippen molar-refractivity contribution in [3.8, 4) is 17.0 Å². The average Bonchev–Trinajstić information content (AvgIpc) is 3.70. The Labute approximate surface area is 227 Å². The molecule has 2 aromatic carbocycles. The summed E-state index contributed by atoms with van der Waals surface area (Å²) in [7, 11) is 0. The molecule has 1 saturated carbocycles. The van der Waals surface area contributed by atoms with Crippen molar-refractivity contribution >= 4 is 28.6 Å². The number of hydrogen-bond acceptors (Lipinski definition) is 7. The summed E-state index contributed by atoms with van der Waals surface area (Å²) in [5, 5.41) is 21.9. The Balaban J connectivity index is 1.19. The van der Waals surface area contributed by atoms with Crippen molar-refractivity contribution in [2.24, 2.45) is 5.92 Å². The van der Waals surface area contributed by atoms with E-state index in [-0.39, 0.29) is 28.8 Å². The number of aromatic carboxylic acids is 1. The van der Waals surface area contributed by atoms with Crippen LogP contribution in [0.3, 0.4) is 0 Å². The predicted molar refractivity (Wildman–Crippen MR) is 141 cm³/mol. The number of para-hydroxylation sites is 1. The third-order valence-electron chi connectivity index (χ3n) is 7.30. The number of fused-ring (bicyclic) bond motifs is 1. The molecule has 2 aliphatic rings. The molecule has 1 saturated heterocycles. The van der Waals surface area contributed by atoms with Crippen LogP contribution in [0.2, 0.25) is 0 Å². The summed E-state index contributed by atoms with van der Waals surface area (Å²) in [4.78, 5) is 13.4. The van der Waals surface area contributed by atoms with Crippen LogP contribution in [0.25, 0.3) is 28.2 Å². The number of alkyl halides is 3. The fraction of sp³-hybridized carbons (Fsp3) is 0.310. The van der Waals surface area contributed by atoms with Gasteiger partial charge >= 0.3 is 12.3 Å². The molecule has 2 aromatic heterocycles. The van der Waals surface area contributed by atoms with Gasteiger partial charge in [-0.15, -0.1) is 23.4 Å². The molecule has 4 aromatic rings. The van der Waals surface area contributed by atoms with Crippen LogP contribution in [-0.4, -0.2) is 45.9 Å². The minimum absolute atomic E-state index is 0.0926. The third-order valence-corrected chi connectivity index (χ3v) is 7.30. The molecule has 40 heavy (non-hydrogen) atoms. The lowest BCUT2D eigenvalue weighted by Crippen LogP contribution is -2.33. The van der Waals surface area contributed by atoms with Gasteiger partial charge in [0.1, 0.15) is 17.2 Å². The summed E-state index contributed by atoms with van der Waals surface area (Å²) >= 11 is 0. The molecule has 1 aliphatic heterocycles. The highest BCUT2D eigenvalue weighted by molar-refractivity contribution is 5.91. The van der Waals surface area contributed by atoms with Gasteiger partial charge in [0.15, 0.2) is 5.69 Å². The number of halogens is 3. The molecule has 1 N–H and O–H groups in total. The minimum Gasteiger partial charge on any atom is -0.476 e. The number of hydrogen-bond donors (Lipinski definition) is 1. The second kappa shape index (κ2) is 10.3. The van der Waals surface area contributed by atoms with Gasteiger partial charge in [-0.1, -0.05) is 35.5 Å². The molecule has 0 radical (unpaired) electrons. The van der Waals surface area contributed by atoms with Gasteiger partial charge in [-0.25, -0.2) is 4.79 Å². The Morgan fingerprint density at radius 2 is 1.82 bits per heavy atom. The van der Waals surface area contributed by atoms with Crippen LogP contribution in [0.5, 0.6) is 5.75 Å². The first-order valence-corrected chi connectivity index (χ1v) is 13.0. The number of carbonyl (C=O) groups is 1. The summed E-state index contributed by atoms with van der Waals surface area (Å²) < 4.78 is 49.0. The summed E-state index contributed by atoms with van der Waals surface area (Å²) in [6.07, 6.45) is 2.91. The fourth-order valence-corrected chi connectivity index (χ4v) is 5.09. The summed E-state index contributed by atoms with van der Waals surface area (Å²) in [6, 6.07) is 13.2. The lowest BCUT2D eigenvalue weighted by molar-refractivity contribution is -0.274. The van der Waals surface area contributed by atoms with Crippen LogP contribution >= 0.6 is 0 Å². The van der Waals surface area contributed by atoms with E-state index in [0.717, 1.165) is 44.5 Å². The molecule has 1 aliphatic carbocycles. The number of allylic oxidation sites excluding steroid dienone is 1. The molecule has 3 heterocycles. The maximum absolute atomic E-state index is 13.0. The Kier molecular flexibility index (Phi) is 6.65. The zero-order valence-electron chi connectivity index (χ0n) is 21.3. The number of anilines is 1. The van der Waals surface area contributed by atoms with Gasteiger partial charge < -0.3 is 19.3 Å². The highest BCUT2D eigenvalue weighted by Crippen LogP contribution is 2.46. The second-order valence-corrected chi connectivity index (χ2v) is 10.1. The minimum atomic E-state index is -4.82. The molecular weight excluding hydrogens is 525 g/mol. The number of nitrogens with zero attached hydrogens (tertiary/aromatic N) is 4. The van der Waals surface area contributed by atoms with E-state index in [9.17, 15) is 18.0 Å². The quantitative estimate of drug-likeness (QED) is 0.272. The Bertz CT molecular complexity index is 1590. The lowest BCUT2D eigenvalue weighted by Gasteiger charge is -2.32. The highest BCUT2D eigenvalue weighted by Gasteiger charge is 2.35. The van der Waals surface area contributed by atoms with Gasteiger partial charge in [-0.3, -0.25) is 0 Å². The number of carboxylic acids is 1. The molecular formula is C29H25F3N4O4. The molecule has 6 rings (SSSR count). The number of rotatable bonds is 7. The average molecular weight is 551 g/mol. The molecule has 0 bridgehead atoms. The third kappa shape index (κ3) is 5.49. The van der Waals surface area contributed by atoms with Crippen LogP contribution in [-0.2, 0) is 0 Å². The summed E-state index contributed by atoms with van der Waals surface area (Å²) in [5.74, 6) is -0.233. The first-order chi connectivity index (χ1) is 19.2. The van der Waals surface area contributed by atoms with Crippen molar-refractivity contribution in [2.45, 2.75) is 38.0 Å². The van der Waals surface area contributed by atoms with Crippen molar-refractivity contribution in [2.75, 3.05) is 18.0 Å². The van der Waals surface area contributed by atoms with Gasteiger partial charge in [0, 0.05) is 41.2 Å². The van der Waals surface area contributed by atoms with Crippen LogP contribution < -0.4 is 9.64 Å². The highest BCUT2D eigenvalue weighted by atomic mass is 19.4. The zero-order chi connectivity index (χ0) is 27.9. The van der Waals surface area contributed by atoms with Crippen molar-refractivity contribution in [3.63, 3.8) is 0 Å². The number of carboxylic acid groups (broad SMARTS) is 1.